The summed E-state index contributed by atoms with van der Waals surface area (Å²) in [6.45, 7) is 6.90. The number of aryl methyl sites for hydroxylation is 1. The maximum Gasteiger partial charge on any atom is 0.387 e. The molecule has 1 atom stereocenters. The lowest BCUT2D eigenvalue weighted by molar-refractivity contribution is -0.0504. The number of morpholine rings is 1. The van der Waals surface area contributed by atoms with Crippen LogP contribution in [0.3, 0.4) is 0 Å². The van der Waals surface area contributed by atoms with Crippen molar-refractivity contribution in [2.24, 2.45) is 10.9 Å². The molecule has 6 nitrogen and oxygen atoms in total. The predicted molar refractivity (Wildman–Crippen MR) is 102 cm³/mol. The molecule has 0 aromatic heterocycles. The zero-order valence-corrected chi connectivity index (χ0v) is 16.3. The van der Waals surface area contributed by atoms with Gasteiger partial charge in [0.2, 0.25) is 0 Å². The molecule has 2 N–H and O–H groups in total. The molecule has 0 amide bonds. The number of rotatable bonds is 8. The number of ether oxygens (including phenoxy) is 2. The first-order valence-corrected chi connectivity index (χ1v) is 9.27. The van der Waals surface area contributed by atoms with E-state index in [9.17, 15) is 8.78 Å². The highest BCUT2D eigenvalue weighted by atomic mass is 19.3. The van der Waals surface area contributed by atoms with E-state index in [1.807, 2.05) is 13.0 Å². The monoisotopic (exact) mass is 384 g/mol. The molecule has 0 aliphatic carbocycles. The van der Waals surface area contributed by atoms with Crippen molar-refractivity contribution >= 4 is 5.96 Å². The van der Waals surface area contributed by atoms with Crippen molar-refractivity contribution in [2.45, 2.75) is 27.0 Å². The van der Waals surface area contributed by atoms with E-state index >= 15 is 0 Å². The molecule has 0 spiro atoms. The van der Waals surface area contributed by atoms with Gasteiger partial charge in [0.25, 0.3) is 0 Å². The van der Waals surface area contributed by atoms with Gasteiger partial charge in [0, 0.05) is 45.3 Å². The van der Waals surface area contributed by atoms with Crippen LogP contribution in [0.4, 0.5) is 8.78 Å². The number of alkyl halides is 2. The lowest BCUT2D eigenvalue weighted by Gasteiger charge is -2.29. The summed E-state index contributed by atoms with van der Waals surface area (Å²) in [7, 11) is 1.69. The number of aliphatic imine (C=N–C) groups is 1. The largest absolute Gasteiger partial charge is 0.434 e. The van der Waals surface area contributed by atoms with Gasteiger partial charge in [-0.2, -0.15) is 8.78 Å². The minimum absolute atomic E-state index is 0.180. The van der Waals surface area contributed by atoms with Crippen LogP contribution < -0.4 is 15.4 Å². The first kappa shape index (κ1) is 21.4. The highest BCUT2D eigenvalue weighted by Gasteiger charge is 2.14. The lowest BCUT2D eigenvalue weighted by Crippen LogP contribution is -2.43. The van der Waals surface area contributed by atoms with Gasteiger partial charge in [0.1, 0.15) is 5.75 Å². The molecule has 1 heterocycles. The number of halogens is 2. The molecule has 0 bridgehead atoms. The molecule has 1 saturated heterocycles. The maximum atomic E-state index is 12.6. The zero-order valence-electron chi connectivity index (χ0n) is 16.3. The summed E-state index contributed by atoms with van der Waals surface area (Å²) in [5.74, 6) is 1.26. The van der Waals surface area contributed by atoms with E-state index in [1.54, 1.807) is 19.2 Å². The molecule has 8 heteroatoms. The Morgan fingerprint density at radius 3 is 2.70 bits per heavy atom. The summed E-state index contributed by atoms with van der Waals surface area (Å²) in [5, 5.41) is 6.46. The summed E-state index contributed by atoms with van der Waals surface area (Å²) in [5.41, 5.74) is 1.65. The van der Waals surface area contributed by atoms with Crippen molar-refractivity contribution in [2.75, 3.05) is 46.4 Å². The van der Waals surface area contributed by atoms with Crippen molar-refractivity contribution in [3.63, 3.8) is 0 Å². The third-order valence-corrected chi connectivity index (χ3v) is 4.39. The fourth-order valence-corrected chi connectivity index (χ4v) is 3.02. The molecular formula is C19H30F2N4O2. The van der Waals surface area contributed by atoms with E-state index in [-0.39, 0.29) is 5.75 Å². The van der Waals surface area contributed by atoms with Gasteiger partial charge in [0.15, 0.2) is 5.96 Å². The molecule has 0 saturated carbocycles. The van der Waals surface area contributed by atoms with Crippen LogP contribution in [-0.4, -0.2) is 63.9 Å². The fraction of sp³-hybridized carbons (Fsp3) is 0.632. The Bertz CT molecular complexity index is 607. The molecular weight excluding hydrogens is 354 g/mol. The molecule has 1 aromatic rings. The number of hydrogen-bond donors (Lipinski definition) is 2. The van der Waals surface area contributed by atoms with E-state index < -0.39 is 6.61 Å². The van der Waals surface area contributed by atoms with Crippen LogP contribution in [0, 0.1) is 12.8 Å². The second-order valence-electron chi connectivity index (χ2n) is 6.81. The quantitative estimate of drug-likeness (QED) is 0.532. The van der Waals surface area contributed by atoms with Gasteiger partial charge in [-0.3, -0.25) is 9.89 Å². The highest BCUT2D eigenvalue weighted by molar-refractivity contribution is 5.79. The van der Waals surface area contributed by atoms with Gasteiger partial charge >= 0.3 is 6.61 Å². The average molecular weight is 384 g/mol. The van der Waals surface area contributed by atoms with E-state index in [4.69, 9.17) is 4.74 Å². The number of nitrogens with zero attached hydrogens (tertiary/aromatic N) is 2. The van der Waals surface area contributed by atoms with Gasteiger partial charge in [-0.15, -0.1) is 0 Å². The third kappa shape index (κ3) is 7.68. The van der Waals surface area contributed by atoms with E-state index in [0.29, 0.717) is 24.0 Å². The van der Waals surface area contributed by atoms with Crippen molar-refractivity contribution in [3.05, 3.63) is 29.3 Å². The number of benzene rings is 1. The first-order valence-electron chi connectivity index (χ1n) is 9.27. The molecule has 0 radical (unpaired) electrons. The average Bonchev–Trinajstić information content (AvgIpc) is 2.64. The standard InChI is InChI=1S/C19H30F2N4O2/c1-14-4-5-17(27-18(20)21)16(10-14)12-24-19(22-3)23-11-15(2)13-25-6-8-26-9-7-25/h4-5,10,15,18H,6-9,11-13H2,1-3H3,(H2,22,23,24). The Labute approximate surface area is 159 Å². The molecule has 1 aromatic carbocycles. The van der Waals surface area contributed by atoms with Gasteiger partial charge in [-0.05, 0) is 18.9 Å². The predicted octanol–water partition coefficient (Wildman–Crippen LogP) is 2.23. The SMILES string of the molecule is CN=C(NCc1cc(C)ccc1OC(F)F)NCC(C)CN1CCOCC1. The smallest absolute Gasteiger partial charge is 0.387 e. The van der Waals surface area contributed by atoms with Crippen LogP contribution in [-0.2, 0) is 11.3 Å². The van der Waals surface area contributed by atoms with Crippen LogP contribution in [0.5, 0.6) is 5.75 Å². The molecule has 1 unspecified atom stereocenters. The molecule has 152 valence electrons. The van der Waals surface area contributed by atoms with Crippen molar-refractivity contribution in [3.8, 4) is 5.75 Å². The van der Waals surface area contributed by atoms with Crippen molar-refractivity contribution in [1.82, 2.24) is 15.5 Å². The highest BCUT2D eigenvalue weighted by Crippen LogP contribution is 2.21. The molecule has 1 aliphatic heterocycles. The Kier molecular flexibility index (Phi) is 8.74. The zero-order chi connectivity index (χ0) is 19.6. The molecule has 27 heavy (non-hydrogen) atoms. The Balaban J connectivity index is 1.82. The summed E-state index contributed by atoms with van der Waals surface area (Å²) in [6, 6.07) is 5.15. The van der Waals surface area contributed by atoms with Gasteiger partial charge in [-0.1, -0.05) is 24.6 Å². The van der Waals surface area contributed by atoms with Crippen LogP contribution in [0.15, 0.2) is 23.2 Å². The second kappa shape index (κ2) is 11.0. The van der Waals surface area contributed by atoms with Crippen LogP contribution in [0.2, 0.25) is 0 Å². The fourth-order valence-electron chi connectivity index (χ4n) is 3.02. The minimum atomic E-state index is -2.84. The summed E-state index contributed by atoms with van der Waals surface area (Å²) in [6.07, 6.45) is 0. The topological polar surface area (TPSA) is 58.1 Å². The van der Waals surface area contributed by atoms with Crippen molar-refractivity contribution < 1.29 is 18.3 Å². The third-order valence-electron chi connectivity index (χ3n) is 4.39. The second-order valence-corrected chi connectivity index (χ2v) is 6.81. The van der Waals surface area contributed by atoms with E-state index in [2.05, 4.69) is 32.2 Å². The maximum absolute atomic E-state index is 12.6. The van der Waals surface area contributed by atoms with Gasteiger partial charge in [0.05, 0.1) is 13.2 Å². The summed E-state index contributed by atoms with van der Waals surface area (Å²) < 4.78 is 35.1. The Hall–Kier alpha value is -1.93. The lowest BCUT2D eigenvalue weighted by atomic mass is 10.1. The van der Waals surface area contributed by atoms with Crippen LogP contribution in [0.1, 0.15) is 18.1 Å². The molecule has 2 rings (SSSR count). The van der Waals surface area contributed by atoms with E-state index in [0.717, 1.165) is 45.0 Å². The summed E-state index contributed by atoms with van der Waals surface area (Å²) >= 11 is 0. The minimum Gasteiger partial charge on any atom is -0.434 e. The van der Waals surface area contributed by atoms with Crippen LogP contribution >= 0.6 is 0 Å². The first-order chi connectivity index (χ1) is 13.0. The normalized spacial score (nSPS) is 17.0. The summed E-state index contributed by atoms with van der Waals surface area (Å²) in [4.78, 5) is 6.60. The van der Waals surface area contributed by atoms with E-state index in [1.165, 1.54) is 0 Å². The Morgan fingerprint density at radius 2 is 2.04 bits per heavy atom. The number of hydrogen-bond acceptors (Lipinski definition) is 4. The van der Waals surface area contributed by atoms with Crippen LogP contribution in [0.25, 0.3) is 0 Å². The Morgan fingerprint density at radius 1 is 1.30 bits per heavy atom. The van der Waals surface area contributed by atoms with Crippen molar-refractivity contribution in [1.29, 1.82) is 0 Å². The number of guanidine groups is 1. The van der Waals surface area contributed by atoms with Gasteiger partial charge < -0.3 is 20.1 Å². The van der Waals surface area contributed by atoms with Gasteiger partial charge in [-0.25, -0.2) is 0 Å². The number of nitrogens with one attached hydrogen (secondary N) is 2. The molecule has 1 aliphatic rings. The molecule has 1 fully saturated rings.